The molecule has 196 valence electrons. The van der Waals surface area contributed by atoms with Crippen LogP contribution < -0.4 is 0 Å². The first kappa shape index (κ1) is 28.4. The largest absolute Gasteiger partial charge is 0.331 e. The third-order valence-electron chi connectivity index (χ3n) is 5.64. The predicted molar refractivity (Wildman–Crippen MR) is 162 cm³/mol. The van der Waals surface area contributed by atoms with Crippen molar-refractivity contribution in [2.45, 2.75) is 28.0 Å². The van der Waals surface area contributed by atoms with E-state index in [2.05, 4.69) is 11.7 Å². The van der Waals surface area contributed by atoms with Crippen LogP contribution >= 0.6 is 35.1 Å². The maximum Gasteiger partial charge on any atom is 0.331 e. The van der Waals surface area contributed by atoms with E-state index < -0.39 is 5.97 Å². The number of carbonyl (C=O) groups excluding carboxylic acids is 2. The Morgan fingerprint density at radius 1 is 0.769 bits per heavy atom. The number of ketones is 1. The maximum atomic E-state index is 12.6. The number of benzene rings is 4. The van der Waals surface area contributed by atoms with Gasteiger partial charge in [0.1, 0.15) is 0 Å². The van der Waals surface area contributed by atoms with Gasteiger partial charge in [0, 0.05) is 49.9 Å². The Morgan fingerprint density at radius 3 is 1.90 bits per heavy atom. The Labute approximate surface area is 242 Å². The number of carbonyl (C=O) groups is 2. The summed E-state index contributed by atoms with van der Waals surface area (Å²) >= 11 is 9.24. The standard InChI is InChI=1S/C32H26ClNO3S2/c1-22(31(34-37-23(2)35)20-21-38-28-18-12-27(33)13-19-28)24-8-14-29(15-9-24)39-30-16-10-26(11-17-30)32(36)25-6-4-3-5-7-25/h3-19H,1,20-21H2,2H3/b34-31+. The second-order valence-electron chi connectivity index (χ2n) is 8.50. The van der Waals surface area contributed by atoms with Gasteiger partial charge in [-0.3, -0.25) is 4.79 Å². The fourth-order valence-corrected chi connectivity index (χ4v) is 5.43. The lowest BCUT2D eigenvalue weighted by Gasteiger charge is -2.11. The summed E-state index contributed by atoms with van der Waals surface area (Å²) in [5.41, 5.74) is 3.55. The van der Waals surface area contributed by atoms with Crippen molar-refractivity contribution in [1.82, 2.24) is 0 Å². The highest BCUT2D eigenvalue weighted by Crippen LogP contribution is 2.30. The van der Waals surface area contributed by atoms with Crippen LogP contribution in [0.1, 0.15) is 34.8 Å². The van der Waals surface area contributed by atoms with Crippen molar-refractivity contribution in [2.75, 3.05) is 5.75 Å². The Morgan fingerprint density at radius 2 is 1.31 bits per heavy atom. The van der Waals surface area contributed by atoms with Crippen molar-refractivity contribution in [3.8, 4) is 0 Å². The molecule has 7 heteroatoms. The molecule has 0 amide bonds. The molecule has 0 aliphatic carbocycles. The predicted octanol–water partition coefficient (Wildman–Crippen LogP) is 8.84. The number of hydrogen-bond donors (Lipinski definition) is 0. The molecule has 0 atom stereocenters. The van der Waals surface area contributed by atoms with Crippen molar-refractivity contribution < 1.29 is 14.4 Å². The van der Waals surface area contributed by atoms with E-state index in [0.29, 0.717) is 33.9 Å². The van der Waals surface area contributed by atoms with Crippen molar-refractivity contribution in [3.05, 3.63) is 131 Å². The lowest BCUT2D eigenvalue weighted by atomic mass is 10.0. The van der Waals surface area contributed by atoms with E-state index in [0.717, 1.165) is 26.0 Å². The molecule has 4 aromatic carbocycles. The van der Waals surface area contributed by atoms with E-state index in [9.17, 15) is 9.59 Å². The van der Waals surface area contributed by atoms with Gasteiger partial charge in [0.05, 0.1) is 5.71 Å². The van der Waals surface area contributed by atoms with Gasteiger partial charge in [-0.15, -0.1) is 11.8 Å². The van der Waals surface area contributed by atoms with Crippen LogP contribution in [0.15, 0.2) is 130 Å². The SMILES string of the molecule is C=C(/C(CCSc1ccc(Cl)cc1)=N/OC(C)=O)c1ccc(Sc2ccc(C(=O)c3ccccc3)cc2)cc1. The number of nitrogens with zero attached hydrogens (tertiary/aromatic N) is 1. The second-order valence-corrected chi connectivity index (χ2v) is 11.2. The Hall–Kier alpha value is -3.58. The number of allylic oxidation sites excluding steroid dienone is 1. The Balaban J connectivity index is 1.39. The molecular formula is C32H26ClNO3S2. The van der Waals surface area contributed by atoms with Crippen molar-refractivity contribution in [2.24, 2.45) is 5.16 Å². The third-order valence-corrected chi connectivity index (χ3v) is 7.93. The van der Waals surface area contributed by atoms with Gasteiger partial charge in [0.25, 0.3) is 0 Å². The van der Waals surface area contributed by atoms with Gasteiger partial charge in [0.15, 0.2) is 5.78 Å². The van der Waals surface area contributed by atoms with E-state index in [4.69, 9.17) is 16.4 Å². The van der Waals surface area contributed by atoms with Crippen molar-refractivity contribution in [1.29, 1.82) is 0 Å². The summed E-state index contributed by atoms with van der Waals surface area (Å²) in [4.78, 5) is 32.2. The van der Waals surface area contributed by atoms with Crippen molar-refractivity contribution >= 4 is 58.2 Å². The summed E-state index contributed by atoms with van der Waals surface area (Å²) in [6.45, 7) is 5.54. The van der Waals surface area contributed by atoms with Crippen LogP contribution in [0.2, 0.25) is 5.02 Å². The zero-order valence-corrected chi connectivity index (χ0v) is 23.7. The van der Waals surface area contributed by atoms with E-state index >= 15 is 0 Å². The molecule has 0 heterocycles. The summed E-state index contributed by atoms with van der Waals surface area (Å²) < 4.78 is 0. The van der Waals surface area contributed by atoms with Gasteiger partial charge in [-0.05, 0) is 71.8 Å². The van der Waals surface area contributed by atoms with E-state index in [1.54, 1.807) is 23.5 Å². The lowest BCUT2D eigenvalue weighted by molar-refractivity contribution is -0.140. The fraction of sp³-hybridized carbons (Fsp3) is 0.0938. The van der Waals surface area contributed by atoms with Gasteiger partial charge in [-0.25, -0.2) is 4.79 Å². The minimum Gasteiger partial charge on any atom is -0.318 e. The van der Waals surface area contributed by atoms with E-state index in [1.165, 1.54) is 6.92 Å². The van der Waals surface area contributed by atoms with Crippen LogP contribution in [-0.2, 0) is 9.63 Å². The molecule has 0 radical (unpaired) electrons. The van der Waals surface area contributed by atoms with Crippen LogP contribution in [0.25, 0.3) is 5.57 Å². The fourth-order valence-electron chi connectivity index (χ4n) is 3.62. The molecule has 0 aromatic heterocycles. The summed E-state index contributed by atoms with van der Waals surface area (Å²) in [7, 11) is 0. The highest BCUT2D eigenvalue weighted by Gasteiger charge is 2.12. The first-order chi connectivity index (χ1) is 18.9. The maximum absolute atomic E-state index is 12.6. The molecule has 0 N–H and O–H groups in total. The number of halogens is 1. The number of oxime groups is 1. The molecule has 0 aliphatic rings. The minimum atomic E-state index is -0.478. The molecule has 0 saturated heterocycles. The third kappa shape index (κ3) is 8.45. The van der Waals surface area contributed by atoms with Crippen molar-refractivity contribution in [3.63, 3.8) is 0 Å². The van der Waals surface area contributed by atoms with Crippen LogP contribution in [0.4, 0.5) is 0 Å². The average Bonchev–Trinajstić information content (AvgIpc) is 2.96. The van der Waals surface area contributed by atoms with Crippen LogP contribution in [-0.4, -0.2) is 23.2 Å². The van der Waals surface area contributed by atoms with Crippen LogP contribution in [0.5, 0.6) is 0 Å². The first-order valence-corrected chi connectivity index (χ1v) is 14.4. The van der Waals surface area contributed by atoms with Crippen LogP contribution in [0.3, 0.4) is 0 Å². The zero-order valence-electron chi connectivity index (χ0n) is 21.3. The van der Waals surface area contributed by atoms with Gasteiger partial charge in [-0.1, -0.05) is 77.6 Å². The summed E-state index contributed by atoms with van der Waals surface area (Å²) in [6.07, 6.45) is 0.573. The zero-order chi connectivity index (χ0) is 27.6. The molecule has 0 fully saturated rings. The van der Waals surface area contributed by atoms with Gasteiger partial charge in [0.2, 0.25) is 0 Å². The highest BCUT2D eigenvalue weighted by atomic mass is 35.5. The van der Waals surface area contributed by atoms with Gasteiger partial charge < -0.3 is 4.84 Å². The quantitative estimate of drug-likeness (QED) is 0.0591. The summed E-state index contributed by atoms with van der Waals surface area (Å²) in [5.74, 6) is 0.263. The molecular weight excluding hydrogens is 546 g/mol. The molecule has 39 heavy (non-hydrogen) atoms. The summed E-state index contributed by atoms with van der Waals surface area (Å²) in [5, 5.41) is 4.78. The molecule has 0 aliphatic heterocycles. The van der Waals surface area contributed by atoms with Gasteiger partial charge in [-0.2, -0.15) is 0 Å². The normalized spacial score (nSPS) is 11.2. The number of hydrogen-bond acceptors (Lipinski definition) is 6. The van der Waals surface area contributed by atoms with E-state index in [1.807, 2.05) is 103 Å². The lowest BCUT2D eigenvalue weighted by Crippen LogP contribution is -2.06. The Bertz CT molecular complexity index is 1470. The van der Waals surface area contributed by atoms with E-state index in [-0.39, 0.29) is 5.78 Å². The number of thioether (sulfide) groups is 1. The number of rotatable bonds is 11. The Kier molecular flexibility index (Phi) is 10.2. The molecule has 0 bridgehead atoms. The van der Waals surface area contributed by atoms with Gasteiger partial charge >= 0.3 is 5.97 Å². The minimum absolute atomic E-state index is 0.00722. The molecule has 0 unspecified atom stereocenters. The molecule has 0 spiro atoms. The molecule has 4 rings (SSSR count). The second kappa shape index (κ2) is 14.0. The summed E-state index contributed by atoms with van der Waals surface area (Å²) in [6, 6.07) is 32.5. The smallest absolute Gasteiger partial charge is 0.318 e. The molecule has 0 saturated carbocycles. The average molecular weight is 572 g/mol. The molecule has 4 nitrogen and oxygen atoms in total. The van der Waals surface area contributed by atoms with Crippen LogP contribution in [0, 0.1) is 0 Å². The topological polar surface area (TPSA) is 55.7 Å². The highest BCUT2D eigenvalue weighted by molar-refractivity contribution is 7.99. The first-order valence-electron chi connectivity index (χ1n) is 12.2. The molecule has 4 aromatic rings. The monoisotopic (exact) mass is 571 g/mol.